The van der Waals surface area contributed by atoms with Gasteiger partial charge < -0.3 is 9.64 Å². The van der Waals surface area contributed by atoms with E-state index in [-0.39, 0.29) is 5.91 Å². The van der Waals surface area contributed by atoms with Crippen LogP contribution in [0.5, 0.6) is 5.75 Å². The number of likely N-dealkylation sites (tertiary alicyclic amines) is 1. The van der Waals surface area contributed by atoms with Crippen molar-refractivity contribution in [2.45, 2.75) is 32.0 Å². The zero-order valence-corrected chi connectivity index (χ0v) is 17.7. The summed E-state index contributed by atoms with van der Waals surface area (Å²) in [4.78, 5) is 17.7. The molecule has 2 heterocycles. The molecular weight excluding hydrogens is 384 g/mol. The van der Waals surface area contributed by atoms with E-state index in [2.05, 4.69) is 29.2 Å². The van der Waals surface area contributed by atoms with Crippen LogP contribution >= 0.6 is 0 Å². The van der Waals surface area contributed by atoms with Gasteiger partial charge in [-0.15, -0.1) is 0 Å². The highest BCUT2D eigenvalue weighted by Gasteiger charge is 2.32. The summed E-state index contributed by atoms with van der Waals surface area (Å²) in [6.45, 7) is 4.19. The van der Waals surface area contributed by atoms with Gasteiger partial charge in [-0.05, 0) is 47.7 Å². The lowest BCUT2D eigenvalue weighted by molar-refractivity contribution is 0.0773. The molecule has 1 saturated heterocycles. The minimum Gasteiger partial charge on any atom is -0.489 e. The highest BCUT2D eigenvalue weighted by atomic mass is 16.5. The lowest BCUT2D eigenvalue weighted by Crippen LogP contribution is -2.41. The van der Waals surface area contributed by atoms with E-state index in [1.807, 2.05) is 59.5 Å². The van der Waals surface area contributed by atoms with Crippen LogP contribution in [0.3, 0.4) is 0 Å². The maximum atomic E-state index is 13.2. The summed E-state index contributed by atoms with van der Waals surface area (Å²) in [5.74, 6) is 0.836. The van der Waals surface area contributed by atoms with E-state index < -0.39 is 0 Å². The predicted octanol–water partition coefficient (Wildman–Crippen LogP) is 4.54. The molecule has 1 unspecified atom stereocenters. The minimum atomic E-state index is 0.102. The van der Waals surface area contributed by atoms with Crippen LogP contribution in [0.1, 0.15) is 33.5 Å². The smallest absolute Gasteiger partial charge is 0.254 e. The Balaban J connectivity index is 1.20. The van der Waals surface area contributed by atoms with Gasteiger partial charge in [0, 0.05) is 37.8 Å². The highest BCUT2D eigenvalue weighted by molar-refractivity contribution is 5.94. The van der Waals surface area contributed by atoms with Crippen molar-refractivity contribution in [3.05, 3.63) is 101 Å². The predicted molar refractivity (Wildman–Crippen MR) is 122 cm³/mol. The first-order valence-corrected chi connectivity index (χ1v) is 11.1. The molecule has 0 N–H and O–H groups in total. The monoisotopic (exact) mass is 412 g/mol. The Morgan fingerprint density at radius 3 is 2.58 bits per heavy atom. The third-order valence-corrected chi connectivity index (χ3v) is 6.46. The molecule has 4 heteroatoms. The van der Waals surface area contributed by atoms with Gasteiger partial charge in [0.05, 0.1) is 0 Å². The number of carbonyl (C=O) groups is 1. The van der Waals surface area contributed by atoms with Crippen LogP contribution < -0.4 is 4.74 Å². The lowest BCUT2D eigenvalue weighted by atomic mass is 9.98. The Morgan fingerprint density at radius 1 is 0.903 bits per heavy atom. The van der Waals surface area contributed by atoms with Crippen LogP contribution in [0.15, 0.2) is 78.9 Å². The van der Waals surface area contributed by atoms with Crippen molar-refractivity contribution in [1.29, 1.82) is 0 Å². The molecule has 0 spiro atoms. The summed E-state index contributed by atoms with van der Waals surface area (Å²) in [5.41, 5.74) is 4.72. The minimum absolute atomic E-state index is 0.102. The second-order valence-electron chi connectivity index (χ2n) is 8.48. The maximum Gasteiger partial charge on any atom is 0.254 e. The summed E-state index contributed by atoms with van der Waals surface area (Å²) in [6.07, 6.45) is 2.14. The number of carbonyl (C=O) groups excluding carboxylic acids is 1. The Kier molecular flexibility index (Phi) is 5.72. The van der Waals surface area contributed by atoms with Crippen molar-refractivity contribution in [1.82, 2.24) is 9.80 Å². The number of ether oxygens (including phenoxy) is 1. The third-order valence-electron chi connectivity index (χ3n) is 6.46. The standard InChI is InChI=1S/C27H28N2O2/c30-27(23-11-6-12-26(17-23)31-20-21-7-2-1-3-8-21)29-16-14-25(19-29)28-15-13-22-9-4-5-10-24(22)18-28/h1-12,17,25H,13-16,18-20H2. The molecule has 1 atom stereocenters. The molecule has 0 aromatic heterocycles. The summed E-state index contributed by atoms with van der Waals surface area (Å²) < 4.78 is 5.92. The van der Waals surface area contributed by atoms with Gasteiger partial charge in [-0.1, -0.05) is 60.7 Å². The Bertz CT molecular complexity index is 1050. The summed E-state index contributed by atoms with van der Waals surface area (Å²) in [6, 6.07) is 26.8. The van der Waals surface area contributed by atoms with Gasteiger partial charge in [0.1, 0.15) is 12.4 Å². The zero-order chi connectivity index (χ0) is 21.0. The molecule has 1 fully saturated rings. The van der Waals surface area contributed by atoms with Gasteiger partial charge in [0.2, 0.25) is 0 Å². The average molecular weight is 413 g/mol. The molecule has 1 amide bonds. The number of hydrogen-bond donors (Lipinski definition) is 0. The van der Waals surface area contributed by atoms with Crippen molar-refractivity contribution in [3.63, 3.8) is 0 Å². The van der Waals surface area contributed by atoms with E-state index >= 15 is 0 Å². The fraction of sp³-hybridized carbons (Fsp3) is 0.296. The molecule has 31 heavy (non-hydrogen) atoms. The van der Waals surface area contributed by atoms with E-state index in [0.29, 0.717) is 18.2 Å². The lowest BCUT2D eigenvalue weighted by Gasteiger charge is -2.33. The van der Waals surface area contributed by atoms with Crippen LogP contribution in [0.2, 0.25) is 0 Å². The quantitative estimate of drug-likeness (QED) is 0.617. The molecule has 0 radical (unpaired) electrons. The second-order valence-corrected chi connectivity index (χ2v) is 8.48. The van der Waals surface area contributed by atoms with E-state index in [1.54, 1.807) is 0 Å². The van der Waals surface area contributed by atoms with E-state index in [0.717, 1.165) is 50.3 Å². The van der Waals surface area contributed by atoms with Crippen LogP contribution in [-0.2, 0) is 19.6 Å². The van der Waals surface area contributed by atoms with Crippen LogP contribution in [0.25, 0.3) is 0 Å². The first kappa shape index (κ1) is 19.8. The van der Waals surface area contributed by atoms with Gasteiger partial charge in [0.15, 0.2) is 0 Å². The Labute approximate surface area is 184 Å². The topological polar surface area (TPSA) is 32.8 Å². The SMILES string of the molecule is O=C(c1cccc(OCc2ccccc2)c1)N1CCC(N2CCc3ccccc3C2)C1. The molecule has 2 aliphatic heterocycles. The van der Waals surface area contributed by atoms with Gasteiger partial charge >= 0.3 is 0 Å². The molecule has 0 aliphatic carbocycles. The van der Waals surface area contributed by atoms with Crippen molar-refractivity contribution in [3.8, 4) is 5.75 Å². The van der Waals surface area contributed by atoms with Gasteiger partial charge in [-0.3, -0.25) is 9.69 Å². The second kappa shape index (κ2) is 8.94. The van der Waals surface area contributed by atoms with Gasteiger partial charge in [0.25, 0.3) is 5.91 Å². The first-order chi connectivity index (χ1) is 15.3. The molecule has 158 valence electrons. The Morgan fingerprint density at radius 2 is 1.71 bits per heavy atom. The van der Waals surface area contributed by atoms with Crippen molar-refractivity contribution < 1.29 is 9.53 Å². The Hall–Kier alpha value is -3.11. The molecular formula is C27H28N2O2. The molecule has 5 rings (SSSR count). The number of hydrogen-bond acceptors (Lipinski definition) is 3. The number of benzene rings is 3. The fourth-order valence-corrected chi connectivity index (χ4v) is 4.70. The van der Waals surface area contributed by atoms with E-state index in [1.165, 1.54) is 11.1 Å². The molecule has 2 aliphatic rings. The maximum absolute atomic E-state index is 13.2. The molecule has 0 bridgehead atoms. The van der Waals surface area contributed by atoms with E-state index in [9.17, 15) is 4.79 Å². The third kappa shape index (κ3) is 4.49. The highest BCUT2D eigenvalue weighted by Crippen LogP contribution is 2.26. The normalized spacial score (nSPS) is 18.6. The molecule has 3 aromatic carbocycles. The fourth-order valence-electron chi connectivity index (χ4n) is 4.70. The average Bonchev–Trinajstić information content (AvgIpc) is 3.33. The zero-order valence-electron chi connectivity index (χ0n) is 17.7. The largest absolute Gasteiger partial charge is 0.489 e. The van der Waals surface area contributed by atoms with Crippen molar-refractivity contribution in [2.75, 3.05) is 19.6 Å². The number of fused-ring (bicyclic) bond motifs is 1. The van der Waals surface area contributed by atoms with Gasteiger partial charge in [-0.2, -0.15) is 0 Å². The summed E-state index contributed by atoms with van der Waals surface area (Å²) >= 11 is 0. The molecule has 0 saturated carbocycles. The molecule has 3 aromatic rings. The van der Waals surface area contributed by atoms with E-state index in [4.69, 9.17) is 4.74 Å². The van der Waals surface area contributed by atoms with Crippen molar-refractivity contribution >= 4 is 5.91 Å². The van der Waals surface area contributed by atoms with Gasteiger partial charge in [-0.25, -0.2) is 0 Å². The number of amides is 1. The van der Waals surface area contributed by atoms with Crippen LogP contribution in [-0.4, -0.2) is 41.4 Å². The van der Waals surface area contributed by atoms with Crippen LogP contribution in [0, 0.1) is 0 Å². The number of nitrogens with zero attached hydrogens (tertiary/aromatic N) is 2. The number of rotatable bonds is 5. The summed E-state index contributed by atoms with van der Waals surface area (Å²) in [5, 5.41) is 0. The summed E-state index contributed by atoms with van der Waals surface area (Å²) in [7, 11) is 0. The van der Waals surface area contributed by atoms with Crippen molar-refractivity contribution in [2.24, 2.45) is 0 Å². The first-order valence-electron chi connectivity index (χ1n) is 11.1. The van der Waals surface area contributed by atoms with Crippen LogP contribution in [0.4, 0.5) is 0 Å². The molecule has 4 nitrogen and oxygen atoms in total.